The molecular formula is C12H11BrO4. The molecule has 1 atom stereocenters. The highest BCUT2D eigenvalue weighted by molar-refractivity contribution is 9.09. The molecule has 2 N–H and O–H groups in total. The van der Waals surface area contributed by atoms with Crippen LogP contribution >= 0.6 is 15.9 Å². The Morgan fingerprint density at radius 1 is 1.41 bits per heavy atom. The second-order valence-corrected chi connectivity index (χ2v) is 4.37. The minimum atomic E-state index is -1.09. The van der Waals surface area contributed by atoms with Gasteiger partial charge in [-0.05, 0) is 36.3 Å². The lowest BCUT2D eigenvalue weighted by Crippen LogP contribution is -2.03. The fourth-order valence-electron chi connectivity index (χ4n) is 1.32. The molecule has 0 saturated carbocycles. The number of ketones is 1. The summed E-state index contributed by atoms with van der Waals surface area (Å²) in [5.74, 6) is -1.17. The first-order valence-electron chi connectivity index (χ1n) is 4.80. The van der Waals surface area contributed by atoms with Gasteiger partial charge in [0.15, 0.2) is 0 Å². The molecule has 1 aromatic rings. The van der Waals surface area contributed by atoms with Crippen LogP contribution in [0.15, 0.2) is 24.3 Å². The van der Waals surface area contributed by atoms with E-state index in [1.165, 1.54) is 25.1 Å². The van der Waals surface area contributed by atoms with E-state index in [2.05, 4.69) is 15.9 Å². The fourth-order valence-corrected chi connectivity index (χ4v) is 1.73. The molecule has 0 amide bonds. The number of rotatable bonds is 4. The lowest BCUT2D eigenvalue weighted by Gasteiger charge is -2.10. The Morgan fingerprint density at radius 2 is 2.06 bits per heavy atom. The van der Waals surface area contributed by atoms with Gasteiger partial charge >= 0.3 is 5.97 Å². The number of phenolic OH excluding ortho intramolecular Hbond substituents is 1. The van der Waals surface area contributed by atoms with Gasteiger partial charge in [-0.15, -0.1) is 0 Å². The number of phenols is 1. The zero-order chi connectivity index (χ0) is 13.0. The molecule has 0 aliphatic carbocycles. The third-order valence-corrected chi connectivity index (χ3v) is 3.24. The molecule has 0 radical (unpaired) electrons. The van der Waals surface area contributed by atoms with Crippen LogP contribution in [0.25, 0.3) is 6.08 Å². The number of carboxylic acid groups (broad SMARTS) is 1. The zero-order valence-electron chi connectivity index (χ0n) is 9.05. The monoisotopic (exact) mass is 298 g/mol. The number of carbonyl (C=O) groups excluding carboxylic acids is 1. The molecule has 0 aromatic heterocycles. The summed E-state index contributed by atoms with van der Waals surface area (Å²) in [6.07, 6.45) is 2.30. The number of Topliss-reactive ketones (excluding diaryl/α,β-unsaturated/α-hetero) is 1. The molecule has 1 rings (SSSR count). The van der Waals surface area contributed by atoms with Crippen LogP contribution in [0.3, 0.4) is 0 Å². The number of aromatic hydroxyl groups is 1. The van der Waals surface area contributed by atoms with E-state index in [9.17, 15) is 14.7 Å². The Kier molecular flexibility index (Phi) is 4.45. The van der Waals surface area contributed by atoms with Crippen LogP contribution in [0.1, 0.15) is 22.9 Å². The van der Waals surface area contributed by atoms with Gasteiger partial charge in [0.05, 0.1) is 4.83 Å². The van der Waals surface area contributed by atoms with Crippen LogP contribution < -0.4 is 0 Å². The van der Waals surface area contributed by atoms with Gasteiger partial charge in [-0.3, -0.25) is 4.79 Å². The molecule has 0 spiro atoms. The minimum absolute atomic E-state index is 0.0158. The van der Waals surface area contributed by atoms with Gasteiger partial charge in [0.2, 0.25) is 0 Å². The Morgan fingerprint density at radius 3 is 2.59 bits per heavy atom. The van der Waals surface area contributed by atoms with Gasteiger partial charge < -0.3 is 10.2 Å². The highest BCUT2D eigenvalue weighted by Gasteiger charge is 2.15. The Labute approximate surface area is 107 Å². The van der Waals surface area contributed by atoms with Crippen molar-refractivity contribution in [3.05, 3.63) is 35.4 Å². The highest BCUT2D eigenvalue weighted by atomic mass is 79.9. The lowest BCUT2D eigenvalue weighted by molar-refractivity contribution is -0.131. The molecule has 0 bridgehead atoms. The fraction of sp³-hybridized carbons (Fsp3) is 0.167. The summed E-state index contributed by atoms with van der Waals surface area (Å²) in [6, 6.07) is 4.44. The first kappa shape index (κ1) is 13.4. The molecule has 0 heterocycles. The van der Waals surface area contributed by atoms with Crippen molar-refractivity contribution in [1.29, 1.82) is 0 Å². The number of carbonyl (C=O) groups is 2. The topological polar surface area (TPSA) is 74.6 Å². The standard InChI is InChI=1S/C12H11BrO4/c1-7(14)12(13)10-4-3-9(15)6-8(10)2-5-11(16)17/h2-6,12,15H,1H3,(H,16,17). The third-order valence-electron chi connectivity index (χ3n) is 2.11. The van der Waals surface area contributed by atoms with E-state index in [0.29, 0.717) is 11.1 Å². The average molecular weight is 299 g/mol. The number of benzene rings is 1. The second kappa shape index (κ2) is 5.63. The third kappa shape index (κ3) is 3.71. The van der Waals surface area contributed by atoms with Gasteiger partial charge in [0.1, 0.15) is 11.5 Å². The molecule has 4 nitrogen and oxygen atoms in total. The molecule has 0 aliphatic rings. The molecular weight excluding hydrogens is 288 g/mol. The molecule has 0 fully saturated rings. The van der Waals surface area contributed by atoms with Gasteiger partial charge in [-0.25, -0.2) is 4.79 Å². The van der Waals surface area contributed by atoms with E-state index in [0.717, 1.165) is 6.08 Å². The van der Waals surface area contributed by atoms with Crippen molar-refractivity contribution in [3.8, 4) is 5.75 Å². The lowest BCUT2D eigenvalue weighted by atomic mass is 10.0. The van der Waals surface area contributed by atoms with Crippen molar-refractivity contribution in [2.24, 2.45) is 0 Å². The van der Waals surface area contributed by atoms with Crippen molar-refractivity contribution in [2.45, 2.75) is 11.8 Å². The van der Waals surface area contributed by atoms with Gasteiger partial charge in [0.25, 0.3) is 0 Å². The van der Waals surface area contributed by atoms with Crippen molar-refractivity contribution < 1.29 is 19.8 Å². The highest BCUT2D eigenvalue weighted by Crippen LogP contribution is 2.30. The van der Waals surface area contributed by atoms with Crippen LogP contribution in [0.5, 0.6) is 5.75 Å². The first-order valence-corrected chi connectivity index (χ1v) is 5.72. The van der Waals surface area contributed by atoms with Crippen LogP contribution in [0.2, 0.25) is 0 Å². The second-order valence-electron chi connectivity index (χ2n) is 3.46. The van der Waals surface area contributed by atoms with Crippen LogP contribution in [0.4, 0.5) is 0 Å². The van der Waals surface area contributed by atoms with Crippen LogP contribution in [-0.2, 0) is 9.59 Å². The molecule has 5 heteroatoms. The van der Waals surface area contributed by atoms with Gasteiger partial charge in [-0.2, -0.15) is 0 Å². The normalized spacial score (nSPS) is 12.6. The number of halogens is 1. The molecule has 0 aliphatic heterocycles. The predicted molar refractivity (Wildman–Crippen MR) is 67.1 cm³/mol. The van der Waals surface area contributed by atoms with Crippen molar-refractivity contribution in [2.75, 3.05) is 0 Å². The maximum Gasteiger partial charge on any atom is 0.328 e. The van der Waals surface area contributed by atoms with Crippen LogP contribution in [0, 0.1) is 0 Å². The smallest absolute Gasteiger partial charge is 0.328 e. The number of alkyl halides is 1. The van der Waals surface area contributed by atoms with E-state index >= 15 is 0 Å². The largest absolute Gasteiger partial charge is 0.508 e. The molecule has 90 valence electrons. The Bertz CT molecular complexity index is 479. The summed E-state index contributed by atoms with van der Waals surface area (Å²) in [6.45, 7) is 1.43. The summed E-state index contributed by atoms with van der Waals surface area (Å²) in [5.41, 5.74) is 1.11. The van der Waals surface area contributed by atoms with E-state index in [1.54, 1.807) is 6.07 Å². The van der Waals surface area contributed by atoms with Crippen LogP contribution in [-0.4, -0.2) is 22.0 Å². The first-order chi connectivity index (χ1) is 7.91. The molecule has 17 heavy (non-hydrogen) atoms. The van der Waals surface area contributed by atoms with Crippen molar-refractivity contribution in [1.82, 2.24) is 0 Å². The summed E-state index contributed by atoms with van der Waals surface area (Å²) in [7, 11) is 0. The van der Waals surface area contributed by atoms with E-state index in [4.69, 9.17) is 5.11 Å². The maximum absolute atomic E-state index is 11.3. The predicted octanol–water partition coefficient (Wildman–Crippen LogP) is 2.51. The maximum atomic E-state index is 11.3. The zero-order valence-corrected chi connectivity index (χ0v) is 10.6. The minimum Gasteiger partial charge on any atom is -0.508 e. The number of hydrogen-bond donors (Lipinski definition) is 2. The van der Waals surface area contributed by atoms with Crippen molar-refractivity contribution >= 4 is 33.8 Å². The van der Waals surface area contributed by atoms with Gasteiger partial charge in [-0.1, -0.05) is 22.0 Å². The summed E-state index contributed by atoms with van der Waals surface area (Å²) in [4.78, 5) is 21.2. The van der Waals surface area contributed by atoms with Crippen molar-refractivity contribution in [3.63, 3.8) is 0 Å². The van der Waals surface area contributed by atoms with E-state index in [-0.39, 0.29) is 11.5 Å². The quantitative estimate of drug-likeness (QED) is 0.661. The summed E-state index contributed by atoms with van der Waals surface area (Å²) < 4.78 is 0. The summed E-state index contributed by atoms with van der Waals surface area (Å²) in [5, 5.41) is 17.9. The Balaban J connectivity index is 3.21. The number of hydrogen-bond acceptors (Lipinski definition) is 3. The number of aliphatic carboxylic acids is 1. The molecule has 0 saturated heterocycles. The molecule has 1 unspecified atom stereocenters. The average Bonchev–Trinajstić information content (AvgIpc) is 2.25. The SMILES string of the molecule is CC(=O)C(Br)c1ccc(O)cc1C=CC(=O)O. The van der Waals surface area contributed by atoms with E-state index in [1.807, 2.05) is 0 Å². The summed E-state index contributed by atoms with van der Waals surface area (Å²) >= 11 is 3.22. The Hall–Kier alpha value is -1.62. The molecule has 1 aromatic carbocycles. The number of carboxylic acids is 1. The van der Waals surface area contributed by atoms with Gasteiger partial charge in [0, 0.05) is 6.08 Å². The van der Waals surface area contributed by atoms with E-state index < -0.39 is 10.8 Å².